The second kappa shape index (κ2) is 7.60. The van der Waals surface area contributed by atoms with Crippen molar-refractivity contribution in [3.63, 3.8) is 0 Å². The lowest BCUT2D eigenvalue weighted by Gasteiger charge is -2.23. The van der Waals surface area contributed by atoms with Gasteiger partial charge in [0.25, 0.3) is 11.6 Å². The van der Waals surface area contributed by atoms with Crippen LogP contribution in [0.25, 0.3) is 0 Å². The third kappa shape index (κ3) is 5.04. The predicted molar refractivity (Wildman–Crippen MR) is 79.1 cm³/mol. The quantitative estimate of drug-likeness (QED) is 0.596. The van der Waals surface area contributed by atoms with Crippen LogP contribution in [0.5, 0.6) is 0 Å². The van der Waals surface area contributed by atoms with E-state index in [0.717, 1.165) is 0 Å². The second-order valence-corrected chi connectivity index (χ2v) is 5.44. The summed E-state index contributed by atoms with van der Waals surface area (Å²) in [5.74, 6) is -0.133. The number of benzene rings is 1. The monoisotopic (exact) mass is 309 g/mol. The number of halogens is 1. The molecule has 0 heterocycles. The molecule has 0 saturated carbocycles. The van der Waals surface area contributed by atoms with Crippen molar-refractivity contribution in [2.75, 3.05) is 13.1 Å². The summed E-state index contributed by atoms with van der Waals surface area (Å²) < 4.78 is 0. The number of amides is 1. The molecule has 0 aromatic heterocycles. The Kier molecular flexibility index (Phi) is 6.12. The Morgan fingerprint density at radius 2 is 2.14 bits per heavy atom. The molecule has 112 valence electrons. The predicted octanol–water partition coefficient (Wildman–Crippen LogP) is 3.26. The van der Waals surface area contributed by atoms with Crippen LogP contribution in [-0.2, 0) is 0 Å². The number of carbonyl (C=O) groups excluding carboxylic acids is 1. The Labute approximate surface area is 128 Å². The fourth-order valence-corrected chi connectivity index (χ4v) is 2.12. The number of nitro benzene ring substituents is 1. The molecule has 0 aliphatic carbocycles. The highest BCUT2D eigenvalue weighted by atomic mass is 35.5. The van der Waals surface area contributed by atoms with E-state index in [-0.39, 0.29) is 41.1 Å². The van der Waals surface area contributed by atoms with Gasteiger partial charge in [0.15, 0.2) is 0 Å². The van der Waals surface area contributed by atoms with Crippen molar-refractivity contribution in [3.05, 3.63) is 38.9 Å². The van der Waals surface area contributed by atoms with Gasteiger partial charge in [-0.15, -0.1) is 0 Å². The Balaban J connectivity index is 3.07. The van der Waals surface area contributed by atoms with Crippen LogP contribution in [0.2, 0.25) is 5.02 Å². The van der Waals surface area contributed by atoms with E-state index in [0.29, 0.717) is 6.54 Å². The molecule has 0 fully saturated rings. The molecular weight excluding hydrogens is 294 g/mol. The van der Waals surface area contributed by atoms with Gasteiger partial charge in [-0.1, -0.05) is 25.4 Å². The first kappa shape index (κ1) is 16.9. The molecule has 1 aromatic carbocycles. The number of nitriles is 1. The lowest BCUT2D eigenvalue weighted by Crippen LogP contribution is -2.35. The van der Waals surface area contributed by atoms with Crippen molar-refractivity contribution < 1.29 is 9.72 Å². The van der Waals surface area contributed by atoms with Crippen molar-refractivity contribution in [2.24, 2.45) is 5.92 Å². The average Bonchev–Trinajstić information content (AvgIpc) is 2.41. The number of non-ortho nitro benzene ring substituents is 1. The number of carbonyl (C=O) groups is 1. The molecule has 0 spiro atoms. The maximum atomic E-state index is 12.4. The van der Waals surface area contributed by atoms with Crippen LogP contribution in [0.1, 0.15) is 30.6 Å². The molecule has 0 N–H and O–H groups in total. The van der Waals surface area contributed by atoms with Crippen LogP contribution in [0, 0.1) is 27.4 Å². The summed E-state index contributed by atoms with van der Waals surface area (Å²) in [5.41, 5.74) is -0.0663. The fraction of sp³-hybridized carbons (Fsp3) is 0.429. The number of rotatable bonds is 6. The zero-order valence-corrected chi connectivity index (χ0v) is 12.6. The van der Waals surface area contributed by atoms with E-state index < -0.39 is 4.92 Å². The number of hydrogen-bond donors (Lipinski definition) is 0. The summed E-state index contributed by atoms with van der Waals surface area (Å²) >= 11 is 5.83. The first-order chi connectivity index (χ1) is 9.85. The molecule has 1 aromatic rings. The van der Waals surface area contributed by atoms with Crippen molar-refractivity contribution in [2.45, 2.75) is 20.3 Å². The van der Waals surface area contributed by atoms with E-state index in [2.05, 4.69) is 0 Å². The number of nitrogens with zero attached hydrogens (tertiary/aromatic N) is 3. The Morgan fingerprint density at radius 1 is 1.48 bits per heavy atom. The van der Waals surface area contributed by atoms with Crippen molar-refractivity contribution in [3.8, 4) is 6.07 Å². The van der Waals surface area contributed by atoms with Gasteiger partial charge < -0.3 is 4.90 Å². The van der Waals surface area contributed by atoms with Crippen molar-refractivity contribution in [1.29, 1.82) is 5.26 Å². The summed E-state index contributed by atoms with van der Waals surface area (Å²) in [6.07, 6.45) is 0.209. The molecule has 0 saturated heterocycles. The number of nitro groups is 1. The maximum Gasteiger partial charge on any atom is 0.271 e. The first-order valence-electron chi connectivity index (χ1n) is 6.46. The standard InChI is InChI=1S/C14H16ClN3O3/c1-10(2)9-17(5-3-4-16)14(19)11-6-12(15)8-13(7-11)18(20)21/h6-8,10H,3,5,9H2,1-2H3. The van der Waals surface area contributed by atoms with E-state index in [4.69, 9.17) is 16.9 Å². The van der Waals surface area contributed by atoms with Gasteiger partial charge in [-0.05, 0) is 12.0 Å². The minimum Gasteiger partial charge on any atom is -0.337 e. The smallest absolute Gasteiger partial charge is 0.271 e. The third-order valence-electron chi connectivity index (χ3n) is 2.71. The van der Waals surface area contributed by atoms with Crippen LogP contribution < -0.4 is 0 Å². The highest BCUT2D eigenvalue weighted by Crippen LogP contribution is 2.22. The van der Waals surface area contributed by atoms with E-state index in [1.54, 1.807) is 0 Å². The lowest BCUT2D eigenvalue weighted by molar-refractivity contribution is -0.384. The molecule has 0 aliphatic heterocycles. The van der Waals surface area contributed by atoms with E-state index in [1.165, 1.54) is 23.1 Å². The van der Waals surface area contributed by atoms with Gasteiger partial charge in [-0.2, -0.15) is 5.26 Å². The SMILES string of the molecule is CC(C)CN(CCC#N)C(=O)c1cc(Cl)cc([N+](=O)[O-])c1. The molecule has 21 heavy (non-hydrogen) atoms. The van der Waals surface area contributed by atoms with Gasteiger partial charge in [0.1, 0.15) is 0 Å². The Bertz CT molecular complexity index is 581. The van der Waals surface area contributed by atoms with Gasteiger partial charge in [0.2, 0.25) is 0 Å². The second-order valence-electron chi connectivity index (χ2n) is 5.01. The molecule has 0 bridgehead atoms. The molecule has 0 radical (unpaired) electrons. The van der Waals surface area contributed by atoms with Crippen LogP contribution in [-0.4, -0.2) is 28.8 Å². The molecule has 6 nitrogen and oxygen atoms in total. The van der Waals surface area contributed by atoms with Gasteiger partial charge in [-0.25, -0.2) is 0 Å². The zero-order chi connectivity index (χ0) is 16.0. The third-order valence-corrected chi connectivity index (χ3v) is 2.92. The summed E-state index contributed by atoms with van der Waals surface area (Å²) in [7, 11) is 0. The molecule has 1 amide bonds. The normalized spacial score (nSPS) is 10.2. The zero-order valence-electron chi connectivity index (χ0n) is 11.9. The topological polar surface area (TPSA) is 87.2 Å². The van der Waals surface area contributed by atoms with Crippen molar-refractivity contribution >= 4 is 23.2 Å². The highest BCUT2D eigenvalue weighted by molar-refractivity contribution is 6.31. The summed E-state index contributed by atoms with van der Waals surface area (Å²) in [6.45, 7) is 4.66. The molecular formula is C14H16ClN3O3. The van der Waals surface area contributed by atoms with E-state index >= 15 is 0 Å². The molecule has 7 heteroatoms. The summed E-state index contributed by atoms with van der Waals surface area (Å²) in [6, 6.07) is 5.79. The maximum absolute atomic E-state index is 12.4. The van der Waals surface area contributed by atoms with Crippen LogP contribution in [0.15, 0.2) is 18.2 Å². The molecule has 0 unspecified atom stereocenters. The highest BCUT2D eigenvalue weighted by Gasteiger charge is 2.20. The average molecular weight is 310 g/mol. The minimum absolute atomic E-state index is 0.136. The van der Waals surface area contributed by atoms with Gasteiger partial charge >= 0.3 is 0 Å². The van der Waals surface area contributed by atoms with Crippen LogP contribution in [0.3, 0.4) is 0 Å². The van der Waals surface area contributed by atoms with Crippen LogP contribution >= 0.6 is 11.6 Å². The van der Waals surface area contributed by atoms with Gasteiger partial charge in [-0.3, -0.25) is 14.9 Å². The van der Waals surface area contributed by atoms with Gasteiger partial charge in [0.05, 0.1) is 17.4 Å². The molecule has 0 aliphatic rings. The van der Waals surface area contributed by atoms with E-state index in [1.807, 2.05) is 19.9 Å². The Morgan fingerprint density at radius 3 is 2.67 bits per heavy atom. The van der Waals surface area contributed by atoms with Crippen molar-refractivity contribution in [1.82, 2.24) is 4.90 Å². The van der Waals surface area contributed by atoms with E-state index in [9.17, 15) is 14.9 Å². The fourth-order valence-electron chi connectivity index (χ4n) is 1.89. The largest absolute Gasteiger partial charge is 0.337 e. The first-order valence-corrected chi connectivity index (χ1v) is 6.84. The molecule has 0 atom stereocenters. The minimum atomic E-state index is -0.593. The Hall–Kier alpha value is -2.13. The lowest BCUT2D eigenvalue weighted by atomic mass is 10.1. The van der Waals surface area contributed by atoms with Gasteiger partial charge in [0, 0.05) is 35.8 Å². The number of hydrogen-bond acceptors (Lipinski definition) is 4. The summed E-state index contributed by atoms with van der Waals surface area (Å²) in [5, 5.41) is 19.6. The summed E-state index contributed by atoms with van der Waals surface area (Å²) in [4.78, 5) is 24.2. The van der Waals surface area contributed by atoms with Crippen LogP contribution in [0.4, 0.5) is 5.69 Å². The molecule has 1 rings (SSSR count).